The Balaban J connectivity index is 2.48. The van der Waals surface area contributed by atoms with Crippen LogP contribution in [0.1, 0.15) is 17.2 Å². The van der Waals surface area contributed by atoms with E-state index in [-0.39, 0.29) is 5.56 Å². The lowest BCUT2D eigenvalue weighted by Crippen LogP contribution is -2.29. The maximum Gasteiger partial charge on any atom is 0.194 e. The third-order valence-corrected chi connectivity index (χ3v) is 2.92. The molecule has 2 aromatic carbocycles. The van der Waals surface area contributed by atoms with Crippen LogP contribution in [0.25, 0.3) is 0 Å². The van der Waals surface area contributed by atoms with Crippen LogP contribution in [-0.2, 0) is 0 Å². The van der Waals surface area contributed by atoms with Crippen molar-refractivity contribution in [2.45, 2.75) is 6.04 Å². The highest BCUT2D eigenvalue weighted by Crippen LogP contribution is 2.26. The third-order valence-electron chi connectivity index (χ3n) is 2.69. The summed E-state index contributed by atoms with van der Waals surface area (Å²) >= 11 is 5.84. The number of benzene rings is 2. The van der Waals surface area contributed by atoms with Crippen LogP contribution >= 0.6 is 11.6 Å². The van der Waals surface area contributed by atoms with Crippen LogP contribution in [0.15, 0.2) is 36.4 Å². The van der Waals surface area contributed by atoms with E-state index in [1.54, 1.807) is 24.3 Å². The van der Waals surface area contributed by atoms with Crippen molar-refractivity contribution in [3.8, 4) is 0 Å². The molecule has 19 heavy (non-hydrogen) atoms. The van der Waals surface area contributed by atoms with E-state index in [0.717, 1.165) is 12.1 Å². The fourth-order valence-electron chi connectivity index (χ4n) is 1.81. The highest BCUT2D eigenvalue weighted by Gasteiger charge is 2.18. The van der Waals surface area contributed by atoms with E-state index in [9.17, 15) is 13.2 Å². The zero-order valence-corrected chi connectivity index (χ0v) is 10.4. The monoisotopic (exact) mass is 286 g/mol. The van der Waals surface area contributed by atoms with Gasteiger partial charge in [0.2, 0.25) is 0 Å². The van der Waals surface area contributed by atoms with Crippen molar-refractivity contribution in [3.05, 3.63) is 70.0 Å². The van der Waals surface area contributed by atoms with Gasteiger partial charge in [-0.05, 0) is 35.4 Å². The average molecular weight is 287 g/mol. The van der Waals surface area contributed by atoms with Crippen molar-refractivity contribution >= 4 is 11.6 Å². The second kappa shape index (κ2) is 5.61. The van der Waals surface area contributed by atoms with Crippen LogP contribution < -0.4 is 11.3 Å². The Labute approximate surface area is 113 Å². The average Bonchev–Trinajstić information content (AvgIpc) is 2.37. The van der Waals surface area contributed by atoms with Crippen LogP contribution in [-0.4, -0.2) is 0 Å². The van der Waals surface area contributed by atoms with Gasteiger partial charge < -0.3 is 0 Å². The molecule has 0 saturated carbocycles. The largest absolute Gasteiger partial charge is 0.271 e. The van der Waals surface area contributed by atoms with Crippen molar-refractivity contribution in [2.75, 3.05) is 0 Å². The molecule has 0 aromatic heterocycles. The van der Waals surface area contributed by atoms with Gasteiger partial charge in [-0.15, -0.1) is 0 Å². The number of nitrogens with one attached hydrogen (secondary N) is 1. The zero-order chi connectivity index (χ0) is 14.0. The Morgan fingerprint density at radius 2 is 1.63 bits per heavy atom. The lowest BCUT2D eigenvalue weighted by atomic mass is 9.99. The molecule has 0 aliphatic rings. The molecule has 3 N–H and O–H groups in total. The van der Waals surface area contributed by atoms with E-state index in [0.29, 0.717) is 10.6 Å². The normalized spacial score (nSPS) is 12.5. The van der Waals surface area contributed by atoms with Crippen LogP contribution in [0.4, 0.5) is 13.2 Å². The van der Waals surface area contributed by atoms with Crippen LogP contribution in [0, 0.1) is 17.5 Å². The van der Waals surface area contributed by atoms with Gasteiger partial charge in [0.25, 0.3) is 0 Å². The molecule has 2 nitrogen and oxygen atoms in total. The van der Waals surface area contributed by atoms with Crippen molar-refractivity contribution in [1.82, 2.24) is 5.43 Å². The van der Waals surface area contributed by atoms with E-state index < -0.39 is 23.5 Å². The van der Waals surface area contributed by atoms with Crippen molar-refractivity contribution in [1.29, 1.82) is 0 Å². The summed E-state index contributed by atoms with van der Waals surface area (Å²) in [6.07, 6.45) is 0. The molecule has 1 atom stereocenters. The second-order valence-corrected chi connectivity index (χ2v) is 4.39. The molecule has 0 aliphatic heterocycles. The van der Waals surface area contributed by atoms with Gasteiger partial charge in [0.15, 0.2) is 17.5 Å². The van der Waals surface area contributed by atoms with Crippen LogP contribution in [0.5, 0.6) is 0 Å². The van der Waals surface area contributed by atoms with E-state index in [2.05, 4.69) is 5.43 Å². The van der Waals surface area contributed by atoms with Gasteiger partial charge in [-0.2, -0.15) is 0 Å². The van der Waals surface area contributed by atoms with Gasteiger partial charge >= 0.3 is 0 Å². The summed E-state index contributed by atoms with van der Waals surface area (Å²) < 4.78 is 39.4. The number of hydrazine groups is 1. The van der Waals surface area contributed by atoms with Gasteiger partial charge in [-0.1, -0.05) is 23.7 Å². The Kier molecular flexibility index (Phi) is 4.09. The topological polar surface area (TPSA) is 38.0 Å². The van der Waals surface area contributed by atoms with E-state index in [1.165, 1.54) is 0 Å². The number of hydrogen-bond acceptors (Lipinski definition) is 2. The molecule has 0 heterocycles. The lowest BCUT2D eigenvalue weighted by molar-refractivity contribution is 0.442. The second-order valence-electron chi connectivity index (χ2n) is 3.95. The van der Waals surface area contributed by atoms with E-state index in [4.69, 9.17) is 17.4 Å². The summed E-state index contributed by atoms with van der Waals surface area (Å²) in [5.74, 6) is 1.35. The van der Waals surface area contributed by atoms with Gasteiger partial charge in [-0.3, -0.25) is 5.84 Å². The molecule has 0 spiro atoms. The summed E-state index contributed by atoms with van der Waals surface area (Å²) in [6, 6.07) is 7.72. The van der Waals surface area contributed by atoms with Gasteiger partial charge in [0, 0.05) is 5.02 Å². The Morgan fingerprint density at radius 3 is 2.16 bits per heavy atom. The van der Waals surface area contributed by atoms with Crippen LogP contribution in [0.3, 0.4) is 0 Å². The SMILES string of the molecule is NNC(c1cccc(Cl)c1)c1cc(F)c(F)c(F)c1. The van der Waals surface area contributed by atoms with Gasteiger partial charge in [-0.25, -0.2) is 18.6 Å². The molecule has 0 radical (unpaired) electrons. The number of rotatable bonds is 3. The molecule has 100 valence electrons. The molecule has 2 rings (SSSR count). The number of nitrogens with two attached hydrogens (primary N) is 1. The minimum absolute atomic E-state index is 0.168. The maximum atomic E-state index is 13.2. The Morgan fingerprint density at radius 1 is 1.00 bits per heavy atom. The number of hydrogen-bond donors (Lipinski definition) is 2. The molecule has 2 aromatic rings. The van der Waals surface area contributed by atoms with E-state index in [1.807, 2.05) is 0 Å². The van der Waals surface area contributed by atoms with Crippen molar-refractivity contribution in [2.24, 2.45) is 5.84 Å². The highest BCUT2D eigenvalue weighted by atomic mass is 35.5. The van der Waals surface area contributed by atoms with E-state index >= 15 is 0 Å². The van der Waals surface area contributed by atoms with Gasteiger partial charge in [0.1, 0.15) is 0 Å². The highest BCUT2D eigenvalue weighted by molar-refractivity contribution is 6.30. The molecule has 0 bridgehead atoms. The summed E-state index contributed by atoms with van der Waals surface area (Å²) in [4.78, 5) is 0. The first-order valence-corrected chi connectivity index (χ1v) is 5.76. The molecule has 0 saturated heterocycles. The minimum Gasteiger partial charge on any atom is -0.271 e. The fourth-order valence-corrected chi connectivity index (χ4v) is 2.01. The predicted octanol–water partition coefficient (Wildman–Crippen LogP) is 3.31. The molecule has 6 heteroatoms. The summed E-state index contributed by atoms with van der Waals surface area (Å²) in [5.41, 5.74) is 3.20. The molecule has 0 fully saturated rings. The Hall–Kier alpha value is -1.56. The van der Waals surface area contributed by atoms with Gasteiger partial charge in [0.05, 0.1) is 6.04 Å². The van der Waals surface area contributed by atoms with Crippen molar-refractivity contribution in [3.63, 3.8) is 0 Å². The quantitative estimate of drug-likeness (QED) is 0.516. The zero-order valence-electron chi connectivity index (χ0n) is 9.63. The molecule has 1 unspecified atom stereocenters. The summed E-state index contributed by atoms with van der Waals surface area (Å²) in [7, 11) is 0. The molecule has 0 amide bonds. The Bertz CT molecular complexity index is 581. The summed E-state index contributed by atoms with van der Waals surface area (Å²) in [6.45, 7) is 0. The standard InChI is InChI=1S/C13H10ClF3N2/c14-9-3-1-2-7(4-9)13(19-18)8-5-10(15)12(17)11(16)6-8/h1-6,13,19H,18H2. The first-order chi connectivity index (χ1) is 9.02. The fraction of sp³-hybridized carbons (Fsp3) is 0.0769. The number of halogens is 4. The predicted molar refractivity (Wildman–Crippen MR) is 66.9 cm³/mol. The minimum atomic E-state index is -1.51. The van der Waals surface area contributed by atoms with Crippen LogP contribution in [0.2, 0.25) is 5.02 Å². The first kappa shape index (κ1) is 13.9. The smallest absolute Gasteiger partial charge is 0.194 e. The molecule has 0 aliphatic carbocycles. The summed E-state index contributed by atoms with van der Waals surface area (Å²) in [5, 5.41) is 0.459. The first-order valence-electron chi connectivity index (χ1n) is 5.39. The van der Waals surface area contributed by atoms with Crippen molar-refractivity contribution < 1.29 is 13.2 Å². The lowest BCUT2D eigenvalue weighted by Gasteiger charge is -2.17. The maximum absolute atomic E-state index is 13.2. The molecular formula is C13H10ClF3N2. The third kappa shape index (κ3) is 2.89. The molecular weight excluding hydrogens is 277 g/mol.